The molecule has 6 nitrogen and oxygen atoms in total. The van der Waals surface area contributed by atoms with Crippen LogP contribution >= 0.6 is 0 Å². The number of H-pyrrole nitrogens is 1. The normalized spacial score (nSPS) is 16.7. The first kappa shape index (κ1) is 17.7. The molecule has 0 unspecified atom stereocenters. The highest BCUT2D eigenvalue weighted by atomic mass is 16.5. The third-order valence-electron chi connectivity index (χ3n) is 5.15. The van der Waals surface area contributed by atoms with Crippen LogP contribution in [0.3, 0.4) is 0 Å². The minimum absolute atomic E-state index is 0.0448. The number of aromatic amines is 1. The molecule has 0 saturated carbocycles. The van der Waals surface area contributed by atoms with Crippen molar-refractivity contribution in [2.24, 2.45) is 0 Å². The summed E-state index contributed by atoms with van der Waals surface area (Å²) in [6.45, 7) is 1.63. The van der Waals surface area contributed by atoms with E-state index in [1.54, 1.807) is 11.2 Å². The molecule has 0 aliphatic carbocycles. The average Bonchev–Trinajstić information content (AvgIpc) is 3.39. The number of rotatable bonds is 6. The van der Waals surface area contributed by atoms with Crippen LogP contribution in [0, 0.1) is 0 Å². The maximum absolute atomic E-state index is 12.7. The Morgan fingerprint density at radius 3 is 2.89 bits per heavy atom. The number of ether oxygens (including phenoxy) is 1. The van der Waals surface area contributed by atoms with Crippen molar-refractivity contribution >= 4 is 16.9 Å². The molecule has 4 rings (SSSR count). The fraction of sp³-hybridized carbons (Fsp3) is 0.381. The zero-order valence-electron chi connectivity index (χ0n) is 15.5. The number of fused-ring (bicyclic) bond motifs is 1. The summed E-state index contributed by atoms with van der Waals surface area (Å²) in [4.78, 5) is 26.2. The molecule has 1 saturated heterocycles. The summed E-state index contributed by atoms with van der Waals surface area (Å²) in [5.41, 5.74) is 3.34. The molecule has 1 fully saturated rings. The molecule has 0 spiro atoms. The maximum Gasteiger partial charge on any atom is 0.253 e. The standard InChI is InChI=1S/C21H24N4O2/c1-25(12-2-4-17-5-3-13-27-17)21(26)16-8-6-15(7-9-16)19-18-10-11-22-20(18)24-14-23-19/h6-11,14,17H,2-5,12-13H2,1H3,(H,22,23,24)/t17-/m0/s1. The minimum atomic E-state index is 0.0448. The van der Waals surface area contributed by atoms with Gasteiger partial charge in [-0.05, 0) is 43.9 Å². The predicted molar refractivity (Wildman–Crippen MR) is 104 cm³/mol. The zero-order valence-corrected chi connectivity index (χ0v) is 15.5. The second-order valence-electron chi connectivity index (χ2n) is 7.04. The summed E-state index contributed by atoms with van der Waals surface area (Å²) in [6.07, 6.45) is 8.09. The molecule has 27 heavy (non-hydrogen) atoms. The molecule has 1 amide bonds. The fourth-order valence-electron chi connectivity index (χ4n) is 3.62. The van der Waals surface area contributed by atoms with Gasteiger partial charge >= 0.3 is 0 Å². The summed E-state index contributed by atoms with van der Waals surface area (Å²) in [5, 5.41) is 0.975. The number of benzene rings is 1. The van der Waals surface area contributed by atoms with Gasteiger partial charge in [-0.2, -0.15) is 0 Å². The van der Waals surface area contributed by atoms with E-state index in [1.165, 1.54) is 0 Å². The van der Waals surface area contributed by atoms with Gasteiger partial charge in [0, 0.05) is 42.9 Å². The highest BCUT2D eigenvalue weighted by Gasteiger charge is 2.17. The van der Waals surface area contributed by atoms with Crippen molar-refractivity contribution in [1.82, 2.24) is 19.9 Å². The zero-order chi connectivity index (χ0) is 18.6. The molecule has 1 atom stereocenters. The van der Waals surface area contributed by atoms with E-state index < -0.39 is 0 Å². The fourth-order valence-corrected chi connectivity index (χ4v) is 3.62. The molecule has 3 heterocycles. The van der Waals surface area contributed by atoms with Crippen molar-refractivity contribution in [3.05, 3.63) is 48.4 Å². The molecule has 6 heteroatoms. The van der Waals surface area contributed by atoms with Crippen molar-refractivity contribution in [1.29, 1.82) is 0 Å². The number of aromatic nitrogens is 3. The number of nitrogens with zero attached hydrogens (tertiary/aromatic N) is 3. The molecular formula is C21H24N4O2. The first-order valence-corrected chi connectivity index (χ1v) is 9.48. The third-order valence-corrected chi connectivity index (χ3v) is 5.15. The van der Waals surface area contributed by atoms with E-state index in [0.29, 0.717) is 11.7 Å². The van der Waals surface area contributed by atoms with Crippen molar-refractivity contribution in [2.45, 2.75) is 31.8 Å². The van der Waals surface area contributed by atoms with Crippen molar-refractivity contribution in [3.63, 3.8) is 0 Å². The van der Waals surface area contributed by atoms with E-state index in [2.05, 4.69) is 15.0 Å². The Hall–Kier alpha value is -2.73. The lowest BCUT2D eigenvalue weighted by Gasteiger charge is -2.18. The van der Waals surface area contributed by atoms with E-state index in [9.17, 15) is 4.79 Å². The smallest absolute Gasteiger partial charge is 0.253 e. The Labute approximate surface area is 158 Å². The van der Waals surface area contributed by atoms with Gasteiger partial charge in [0.05, 0.1) is 11.8 Å². The van der Waals surface area contributed by atoms with Crippen LogP contribution in [0.5, 0.6) is 0 Å². The summed E-state index contributed by atoms with van der Waals surface area (Å²) in [6, 6.07) is 9.60. The number of nitrogens with one attached hydrogen (secondary N) is 1. The van der Waals surface area contributed by atoms with Crippen LogP contribution in [0.1, 0.15) is 36.0 Å². The molecule has 0 bridgehead atoms. The molecule has 1 aliphatic heterocycles. The SMILES string of the molecule is CN(CCC[C@H]1CCCO1)C(=O)c1ccc(-c2ncnc3[nH]ccc23)cc1. The van der Waals surface area contributed by atoms with Crippen LogP contribution in [-0.2, 0) is 4.74 Å². The topological polar surface area (TPSA) is 71.1 Å². The van der Waals surface area contributed by atoms with Crippen molar-refractivity contribution in [3.8, 4) is 11.3 Å². The molecule has 2 aromatic heterocycles. The molecule has 140 valence electrons. The van der Waals surface area contributed by atoms with E-state index in [1.807, 2.05) is 43.6 Å². The maximum atomic E-state index is 12.7. The summed E-state index contributed by atoms with van der Waals surface area (Å²) in [5.74, 6) is 0.0448. The van der Waals surface area contributed by atoms with Crippen molar-refractivity contribution < 1.29 is 9.53 Å². The minimum Gasteiger partial charge on any atom is -0.378 e. The van der Waals surface area contributed by atoms with Gasteiger partial charge in [0.15, 0.2) is 0 Å². The third kappa shape index (κ3) is 3.85. The van der Waals surface area contributed by atoms with Gasteiger partial charge in [-0.25, -0.2) is 9.97 Å². The highest BCUT2D eigenvalue weighted by molar-refractivity contribution is 5.95. The van der Waals surface area contributed by atoms with Gasteiger partial charge < -0.3 is 14.6 Å². The monoisotopic (exact) mass is 364 g/mol. The van der Waals surface area contributed by atoms with E-state index >= 15 is 0 Å². The van der Waals surface area contributed by atoms with Crippen molar-refractivity contribution in [2.75, 3.05) is 20.2 Å². The lowest BCUT2D eigenvalue weighted by atomic mass is 10.1. The molecule has 1 aromatic carbocycles. The Kier molecular flexibility index (Phi) is 5.16. The molecule has 1 N–H and O–H groups in total. The number of amides is 1. The van der Waals surface area contributed by atoms with Crippen LogP contribution < -0.4 is 0 Å². The number of carbonyl (C=O) groups excluding carboxylic acids is 1. The van der Waals surface area contributed by atoms with Crippen LogP contribution in [0.4, 0.5) is 0 Å². The van der Waals surface area contributed by atoms with Gasteiger partial charge in [-0.1, -0.05) is 12.1 Å². The predicted octanol–water partition coefficient (Wildman–Crippen LogP) is 3.66. The Morgan fingerprint density at radius 1 is 1.26 bits per heavy atom. The molecular weight excluding hydrogens is 340 g/mol. The van der Waals surface area contributed by atoms with Gasteiger partial charge in [-0.15, -0.1) is 0 Å². The highest BCUT2D eigenvalue weighted by Crippen LogP contribution is 2.25. The van der Waals surface area contributed by atoms with Gasteiger partial charge in [0.1, 0.15) is 12.0 Å². The average molecular weight is 364 g/mol. The lowest BCUT2D eigenvalue weighted by molar-refractivity contribution is 0.0763. The van der Waals surface area contributed by atoms with E-state index in [4.69, 9.17) is 4.74 Å². The van der Waals surface area contributed by atoms with E-state index in [-0.39, 0.29) is 5.91 Å². The molecule has 0 radical (unpaired) electrons. The second-order valence-corrected chi connectivity index (χ2v) is 7.04. The summed E-state index contributed by atoms with van der Waals surface area (Å²) >= 11 is 0. The van der Waals surface area contributed by atoms with Crippen LogP contribution in [0.2, 0.25) is 0 Å². The number of hydrogen-bond acceptors (Lipinski definition) is 4. The Bertz CT molecular complexity index is 913. The molecule has 3 aromatic rings. The van der Waals surface area contributed by atoms with Crippen LogP contribution in [0.25, 0.3) is 22.3 Å². The van der Waals surface area contributed by atoms with Gasteiger partial charge in [-0.3, -0.25) is 4.79 Å². The summed E-state index contributed by atoms with van der Waals surface area (Å²) in [7, 11) is 1.86. The lowest BCUT2D eigenvalue weighted by Crippen LogP contribution is -2.28. The quantitative estimate of drug-likeness (QED) is 0.725. The molecule has 1 aliphatic rings. The number of hydrogen-bond donors (Lipinski definition) is 1. The Morgan fingerprint density at radius 2 is 2.11 bits per heavy atom. The van der Waals surface area contributed by atoms with Crippen LogP contribution in [-0.4, -0.2) is 52.1 Å². The first-order valence-electron chi connectivity index (χ1n) is 9.48. The van der Waals surface area contributed by atoms with Gasteiger partial charge in [0.2, 0.25) is 0 Å². The van der Waals surface area contributed by atoms with E-state index in [0.717, 1.165) is 61.1 Å². The second kappa shape index (κ2) is 7.88. The Balaban J connectivity index is 1.40. The van der Waals surface area contributed by atoms with Gasteiger partial charge in [0.25, 0.3) is 5.91 Å². The first-order chi connectivity index (χ1) is 13.2. The summed E-state index contributed by atoms with van der Waals surface area (Å²) < 4.78 is 5.64. The van der Waals surface area contributed by atoms with Crippen LogP contribution in [0.15, 0.2) is 42.9 Å². The largest absolute Gasteiger partial charge is 0.378 e. The number of carbonyl (C=O) groups is 1.